The zero-order valence-electron chi connectivity index (χ0n) is 14.0. The Kier molecular flexibility index (Phi) is 3.97. The first-order chi connectivity index (χ1) is 12.2. The Morgan fingerprint density at radius 1 is 1.28 bits per heavy atom. The number of aromatic nitrogens is 4. The number of benzene rings is 1. The average molecular weight is 336 g/mol. The highest BCUT2D eigenvalue weighted by atomic mass is 16.1. The van der Waals surface area contributed by atoms with E-state index >= 15 is 0 Å². The second kappa shape index (κ2) is 6.43. The van der Waals surface area contributed by atoms with Crippen molar-refractivity contribution in [3.8, 4) is 11.3 Å². The molecule has 1 atom stereocenters. The van der Waals surface area contributed by atoms with E-state index in [4.69, 9.17) is 0 Å². The highest BCUT2D eigenvalue weighted by Crippen LogP contribution is 2.22. The molecule has 2 N–H and O–H groups in total. The summed E-state index contributed by atoms with van der Waals surface area (Å²) >= 11 is 0. The van der Waals surface area contributed by atoms with Gasteiger partial charge >= 0.3 is 0 Å². The molecular weight excluding hydrogens is 316 g/mol. The van der Waals surface area contributed by atoms with Gasteiger partial charge in [-0.3, -0.25) is 14.6 Å². The molecule has 1 fully saturated rings. The summed E-state index contributed by atoms with van der Waals surface area (Å²) in [5.41, 5.74) is 3.37. The molecule has 7 nitrogen and oxygen atoms in total. The van der Waals surface area contributed by atoms with Gasteiger partial charge in [-0.1, -0.05) is 30.3 Å². The van der Waals surface area contributed by atoms with Gasteiger partial charge in [0, 0.05) is 37.9 Å². The van der Waals surface area contributed by atoms with Crippen molar-refractivity contribution in [2.75, 3.05) is 18.0 Å². The zero-order valence-corrected chi connectivity index (χ0v) is 14.0. The SMILES string of the molecule is Cn1cc(N2CCC(NC(=O)c3cn[nH]c3-c3ccccc3)C2)cn1. The van der Waals surface area contributed by atoms with Gasteiger partial charge in [-0.15, -0.1) is 0 Å². The highest BCUT2D eigenvalue weighted by molar-refractivity contribution is 5.99. The zero-order chi connectivity index (χ0) is 17.2. The van der Waals surface area contributed by atoms with Crippen LogP contribution in [0.4, 0.5) is 5.69 Å². The maximum absolute atomic E-state index is 12.7. The standard InChI is InChI=1S/C18H20N6O/c1-23-12-15(9-20-23)24-8-7-14(11-24)21-18(25)16-10-19-22-17(16)13-5-3-2-4-6-13/h2-6,9-10,12,14H,7-8,11H2,1H3,(H,19,22)(H,21,25). The molecule has 1 aromatic carbocycles. The lowest BCUT2D eigenvalue weighted by Gasteiger charge is -2.16. The van der Waals surface area contributed by atoms with Gasteiger partial charge < -0.3 is 10.2 Å². The molecule has 1 amide bonds. The second-order valence-corrected chi connectivity index (χ2v) is 6.30. The minimum atomic E-state index is -0.0920. The number of amides is 1. The fraction of sp³-hybridized carbons (Fsp3) is 0.278. The summed E-state index contributed by atoms with van der Waals surface area (Å²) in [6, 6.07) is 9.88. The van der Waals surface area contributed by atoms with Gasteiger partial charge in [-0.2, -0.15) is 10.2 Å². The molecule has 0 aliphatic carbocycles. The van der Waals surface area contributed by atoms with E-state index in [1.807, 2.05) is 49.8 Å². The van der Waals surface area contributed by atoms with Crippen molar-refractivity contribution in [1.82, 2.24) is 25.3 Å². The summed E-state index contributed by atoms with van der Waals surface area (Å²) in [6.07, 6.45) is 6.35. The molecule has 1 aliphatic heterocycles. The predicted molar refractivity (Wildman–Crippen MR) is 95.3 cm³/mol. The van der Waals surface area contributed by atoms with Crippen LogP contribution in [0, 0.1) is 0 Å². The number of aryl methyl sites for hydroxylation is 1. The molecule has 1 saturated heterocycles. The van der Waals surface area contributed by atoms with Gasteiger partial charge in [0.25, 0.3) is 5.91 Å². The number of hydrogen-bond acceptors (Lipinski definition) is 4. The normalized spacial score (nSPS) is 17.0. The molecule has 2 aromatic heterocycles. The molecule has 7 heteroatoms. The summed E-state index contributed by atoms with van der Waals surface area (Å²) in [5, 5.41) is 14.3. The molecule has 0 radical (unpaired) electrons. The number of carbonyl (C=O) groups excluding carboxylic acids is 1. The van der Waals surface area contributed by atoms with Crippen LogP contribution in [0.15, 0.2) is 48.9 Å². The number of nitrogens with one attached hydrogen (secondary N) is 2. The number of nitrogens with zero attached hydrogens (tertiary/aromatic N) is 4. The van der Waals surface area contributed by atoms with E-state index in [0.29, 0.717) is 5.56 Å². The molecule has 3 heterocycles. The Bertz CT molecular complexity index is 869. The predicted octanol–water partition coefficient (Wildman–Crippen LogP) is 1.82. The monoisotopic (exact) mass is 336 g/mol. The number of carbonyl (C=O) groups is 1. The second-order valence-electron chi connectivity index (χ2n) is 6.30. The van der Waals surface area contributed by atoms with E-state index < -0.39 is 0 Å². The fourth-order valence-corrected chi connectivity index (χ4v) is 3.23. The Hall–Kier alpha value is -3.09. The van der Waals surface area contributed by atoms with Gasteiger partial charge in [-0.05, 0) is 6.42 Å². The minimum absolute atomic E-state index is 0.0920. The van der Waals surface area contributed by atoms with Gasteiger partial charge in [0.15, 0.2) is 0 Å². The van der Waals surface area contributed by atoms with Gasteiger partial charge in [0.05, 0.1) is 29.3 Å². The summed E-state index contributed by atoms with van der Waals surface area (Å²) in [5.74, 6) is -0.0920. The van der Waals surface area contributed by atoms with Crippen molar-refractivity contribution < 1.29 is 4.79 Å². The van der Waals surface area contributed by atoms with Crippen LogP contribution >= 0.6 is 0 Å². The molecule has 0 saturated carbocycles. The van der Waals surface area contributed by atoms with E-state index in [1.165, 1.54) is 0 Å². The van der Waals surface area contributed by atoms with E-state index in [0.717, 1.165) is 36.5 Å². The molecule has 0 spiro atoms. The Morgan fingerprint density at radius 2 is 2.12 bits per heavy atom. The van der Waals surface area contributed by atoms with Crippen LogP contribution < -0.4 is 10.2 Å². The van der Waals surface area contributed by atoms with Crippen LogP contribution in [-0.4, -0.2) is 45.0 Å². The third-order valence-electron chi connectivity index (χ3n) is 4.53. The first kappa shape index (κ1) is 15.4. The van der Waals surface area contributed by atoms with Gasteiger partial charge in [-0.25, -0.2) is 0 Å². The number of anilines is 1. The maximum Gasteiger partial charge on any atom is 0.255 e. The van der Waals surface area contributed by atoms with E-state index in [1.54, 1.807) is 10.9 Å². The molecule has 4 rings (SSSR count). The van der Waals surface area contributed by atoms with Crippen molar-refractivity contribution in [3.05, 3.63) is 54.5 Å². The van der Waals surface area contributed by atoms with Crippen molar-refractivity contribution >= 4 is 11.6 Å². The Labute approximate surface area is 145 Å². The number of hydrogen-bond donors (Lipinski definition) is 2. The molecule has 1 aliphatic rings. The van der Waals surface area contributed by atoms with Gasteiger partial charge in [0.2, 0.25) is 0 Å². The number of aromatic amines is 1. The molecule has 128 valence electrons. The third kappa shape index (κ3) is 3.13. The lowest BCUT2D eigenvalue weighted by molar-refractivity contribution is 0.0941. The summed E-state index contributed by atoms with van der Waals surface area (Å²) in [6.45, 7) is 1.70. The van der Waals surface area contributed by atoms with Crippen molar-refractivity contribution in [2.45, 2.75) is 12.5 Å². The number of H-pyrrole nitrogens is 1. The topological polar surface area (TPSA) is 78.8 Å². The molecule has 25 heavy (non-hydrogen) atoms. The lowest BCUT2D eigenvalue weighted by Crippen LogP contribution is -2.37. The fourth-order valence-electron chi connectivity index (χ4n) is 3.23. The number of rotatable bonds is 4. The third-order valence-corrected chi connectivity index (χ3v) is 4.53. The van der Waals surface area contributed by atoms with Gasteiger partial charge in [0.1, 0.15) is 0 Å². The first-order valence-corrected chi connectivity index (χ1v) is 8.34. The first-order valence-electron chi connectivity index (χ1n) is 8.34. The Balaban J connectivity index is 1.44. The molecule has 3 aromatic rings. The Morgan fingerprint density at radius 3 is 2.88 bits per heavy atom. The lowest BCUT2D eigenvalue weighted by atomic mass is 10.1. The molecular formula is C18H20N6O. The van der Waals surface area contributed by atoms with Crippen LogP contribution in [-0.2, 0) is 7.05 Å². The maximum atomic E-state index is 12.7. The quantitative estimate of drug-likeness (QED) is 0.762. The van der Waals surface area contributed by atoms with E-state index in [9.17, 15) is 4.79 Å². The minimum Gasteiger partial charge on any atom is -0.367 e. The van der Waals surface area contributed by atoms with Crippen LogP contribution in [0.25, 0.3) is 11.3 Å². The summed E-state index contributed by atoms with van der Waals surface area (Å²) < 4.78 is 1.79. The largest absolute Gasteiger partial charge is 0.367 e. The van der Waals surface area contributed by atoms with Crippen molar-refractivity contribution in [1.29, 1.82) is 0 Å². The van der Waals surface area contributed by atoms with Crippen molar-refractivity contribution in [3.63, 3.8) is 0 Å². The summed E-state index contributed by atoms with van der Waals surface area (Å²) in [4.78, 5) is 14.9. The van der Waals surface area contributed by atoms with E-state index in [2.05, 4.69) is 25.5 Å². The van der Waals surface area contributed by atoms with Crippen molar-refractivity contribution in [2.24, 2.45) is 7.05 Å². The molecule has 0 bridgehead atoms. The van der Waals surface area contributed by atoms with Crippen LogP contribution in [0.3, 0.4) is 0 Å². The smallest absolute Gasteiger partial charge is 0.255 e. The molecule has 1 unspecified atom stereocenters. The summed E-state index contributed by atoms with van der Waals surface area (Å²) in [7, 11) is 1.91. The van der Waals surface area contributed by atoms with Crippen LogP contribution in [0.2, 0.25) is 0 Å². The van der Waals surface area contributed by atoms with E-state index in [-0.39, 0.29) is 11.9 Å². The van der Waals surface area contributed by atoms with Crippen LogP contribution in [0.5, 0.6) is 0 Å². The average Bonchev–Trinajstić information content (AvgIpc) is 3.35. The van der Waals surface area contributed by atoms with Crippen LogP contribution in [0.1, 0.15) is 16.8 Å². The highest BCUT2D eigenvalue weighted by Gasteiger charge is 2.26.